The number of halogens is 5. The minimum atomic E-state index is -4.94. The van der Waals surface area contributed by atoms with Gasteiger partial charge in [-0.1, -0.05) is 55.8 Å². The zero-order chi connectivity index (χ0) is 26.3. The third-order valence-electron chi connectivity index (χ3n) is 4.84. The topological polar surface area (TPSA) is 61.1 Å². The molecule has 3 rings (SSSR count). The predicted molar refractivity (Wildman–Crippen MR) is 129 cm³/mol. The minimum Gasteiger partial charge on any atom is -0.302 e. The maximum absolute atomic E-state index is 14.6. The number of benzene rings is 2. The van der Waals surface area contributed by atoms with Gasteiger partial charge in [0, 0.05) is 18.0 Å². The lowest BCUT2D eigenvalue weighted by Gasteiger charge is -2.16. The van der Waals surface area contributed by atoms with Crippen LogP contribution >= 0.6 is 23.4 Å². The molecule has 0 N–H and O–H groups in total. The average Bonchev–Trinajstić information content (AvgIpc) is 2.82. The van der Waals surface area contributed by atoms with Crippen molar-refractivity contribution in [2.24, 2.45) is 7.05 Å². The SMILES string of the molecule is CC.Cn1c(C(F)(F)F)cc(=O)n(-c2cc(SC(C=O)CCc3ccccc3)c(Cl)cc2F)c1=O. The predicted octanol–water partition coefficient (Wildman–Crippen LogP) is 5.67. The Balaban J connectivity index is 0.00000210. The number of aryl methyl sites for hydroxylation is 1. The summed E-state index contributed by atoms with van der Waals surface area (Å²) in [5, 5.41) is -0.641. The second-order valence-corrected chi connectivity index (χ2v) is 8.78. The standard InChI is InChI=1S/C22H17ClF4N2O3S.C2H6/c1-28-19(22(25,26)27)11-20(31)29(21(28)32)17-10-18(15(23)9-16(17)24)33-14(12-30)8-7-13-5-3-2-4-6-13;1-2/h2-6,9-12,14H,7-8H2,1H3;1-2H3. The van der Waals surface area contributed by atoms with E-state index in [0.717, 1.165) is 36.5 Å². The van der Waals surface area contributed by atoms with Gasteiger partial charge >= 0.3 is 11.9 Å². The molecule has 3 aromatic rings. The van der Waals surface area contributed by atoms with Crippen LogP contribution in [0.4, 0.5) is 17.6 Å². The van der Waals surface area contributed by atoms with Gasteiger partial charge in [0.05, 0.1) is 16.0 Å². The maximum Gasteiger partial charge on any atom is 0.431 e. The van der Waals surface area contributed by atoms with Crippen molar-refractivity contribution in [1.29, 1.82) is 0 Å². The Labute approximate surface area is 208 Å². The molecule has 0 bridgehead atoms. The van der Waals surface area contributed by atoms with Crippen LogP contribution < -0.4 is 11.2 Å². The largest absolute Gasteiger partial charge is 0.431 e. The van der Waals surface area contributed by atoms with Gasteiger partial charge < -0.3 is 4.79 Å². The maximum atomic E-state index is 14.6. The van der Waals surface area contributed by atoms with E-state index in [4.69, 9.17) is 11.6 Å². The van der Waals surface area contributed by atoms with Crippen molar-refractivity contribution in [3.63, 3.8) is 0 Å². The first-order valence-corrected chi connectivity index (χ1v) is 11.8. The highest BCUT2D eigenvalue weighted by atomic mass is 35.5. The number of aromatic nitrogens is 2. The Morgan fingerprint density at radius 1 is 1.09 bits per heavy atom. The summed E-state index contributed by atoms with van der Waals surface area (Å²) in [5.41, 5.74) is -3.73. The second kappa shape index (κ2) is 12.2. The van der Waals surface area contributed by atoms with Crippen LogP contribution in [-0.2, 0) is 24.4 Å². The van der Waals surface area contributed by atoms with Crippen LogP contribution in [0.15, 0.2) is 63.0 Å². The van der Waals surface area contributed by atoms with Crippen LogP contribution in [0.2, 0.25) is 5.02 Å². The van der Waals surface area contributed by atoms with E-state index < -0.39 is 39.9 Å². The highest BCUT2D eigenvalue weighted by molar-refractivity contribution is 8.00. The highest BCUT2D eigenvalue weighted by Crippen LogP contribution is 2.34. The molecule has 0 saturated heterocycles. The fourth-order valence-corrected chi connectivity index (χ4v) is 4.42. The Hall–Kier alpha value is -2.85. The van der Waals surface area contributed by atoms with Crippen LogP contribution in [0.5, 0.6) is 0 Å². The first-order valence-electron chi connectivity index (χ1n) is 10.6. The van der Waals surface area contributed by atoms with Crippen molar-refractivity contribution in [2.45, 2.75) is 43.0 Å². The molecule has 11 heteroatoms. The molecule has 0 aliphatic heterocycles. The lowest BCUT2D eigenvalue weighted by atomic mass is 10.1. The summed E-state index contributed by atoms with van der Waals surface area (Å²) in [6, 6.07) is 11.6. The minimum absolute atomic E-state index is 0.0652. The monoisotopic (exact) mass is 530 g/mol. The Morgan fingerprint density at radius 3 is 2.29 bits per heavy atom. The number of hydrogen-bond donors (Lipinski definition) is 0. The quantitative estimate of drug-likeness (QED) is 0.224. The van der Waals surface area contributed by atoms with Crippen LogP contribution in [0, 0.1) is 5.82 Å². The molecule has 2 aromatic carbocycles. The van der Waals surface area contributed by atoms with Gasteiger partial charge in [0.25, 0.3) is 5.56 Å². The van der Waals surface area contributed by atoms with Crippen LogP contribution in [0.25, 0.3) is 5.69 Å². The van der Waals surface area contributed by atoms with Crippen molar-refractivity contribution in [2.75, 3.05) is 0 Å². The Morgan fingerprint density at radius 2 is 1.71 bits per heavy atom. The molecule has 0 amide bonds. The molecule has 35 heavy (non-hydrogen) atoms. The summed E-state index contributed by atoms with van der Waals surface area (Å²) < 4.78 is 54.4. The van der Waals surface area contributed by atoms with E-state index in [0.29, 0.717) is 23.7 Å². The summed E-state index contributed by atoms with van der Waals surface area (Å²) in [4.78, 5) is 36.6. The van der Waals surface area contributed by atoms with E-state index in [2.05, 4.69) is 0 Å². The summed E-state index contributed by atoms with van der Waals surface area (Å²) in [6.07, 6.45) is -3.22. The number of thioether (sulfide) groups is 1. The molecule has 1 heterocycles. The van der Waals surface area contributed by atoms with Crippen LogP contribution in [-0.4, -0.2) is 20.7 Å². The van der Waals surface area contributed by atoms with E-state index in [-0.39, 0.29) is 20.6 Å². The lowest BCUT2D eigenvalue weighted by molar-refractivity contribution is -0.144. The van der Waals surface area contributed by atoms with Gasteiger partial charge in [-0.2, -0.15) is 13.2 Å². The summed E-state index contributed by atoms with van der Waals surface area (Å²) in [7, 11) is 0.830. The molecule has 0 aliphatic carbocycles. The summed E-state index contributed by atoms with van der Waals surface area (Å²) in [5.74, 6) is -1.07. The molecule has 1 aromatic heterocycles. The fraction of sp³-hybridized carbons (Fsp3) is 0.292. The van der Waals surface area contributed by atoms with Crippen molar-refractivity contribution in [1.82, 2.24) is 9.13 Å². The third-order valence-corrected chi connectivity index (χ3v) is 6.51. The normalized spacial score (nSPS) is 12.0. The lowest BCUT2D eigenvalue weighted by Crippen LogP contribution is -2.41. The average molecular weight is 531 g/mol. The molecule has 0 fully saturated rings. The molecule has 1 atom stereocenters. The highest BCUT2D eigenvalue weighted by Gasteiger charge is 2.35. The molecule has 0 aliphatic rings. The number of rotatable bonds is 7. The summed E-state index contributed by atoms with van der Waals surface area (Å²) >= 11 is 7.11. The Bertz CT molecular complexity index is 1290. The van der Waals surface area contributed by atoms with Gasteiger partial charge in [0.2, 0.25) is 0 Å². The number of carbonyl (C=O) groups excluding carboxylic acids is 1. The number of alkyl halides is 3. The molecule has 188 valence electrons. The van der Waals surface area contributed by atoms with Crippen molar-refractivity contribution >= 4 is 29.6 Å². The van der Waals surface area contributed by atoms with Crippen molar-refractivity contribution in [3.8, 4) is 5.69 Å². The van der Waals surface area contributed by atoms with Gasteiger partial charge in [0.1, 0.15) is 17.8 Å². The van der Waals surface area contributed by atoms with Gasteiger partial charge in [-0.3, -0.25) is 9.36 Å². The van der Waals surface area contributed by atoms with Crippen molar-refractivity contribution < 1.29 is 22.4 Å². The van der Waals surface area contributed by atoms with Crippen LogP contribution in [0.3, 0.4) is 0 Å². The molecular formula is C24H23ClF4N2O3S. The smallest absolute Gasteiger partial charge is 0.302 e. The number of nitrogens with zero attached hydrogens (tertiary/aromatic N) is 2. The Kier molecular flexibility index (Phi) is 9.91. The number of hydrogen-bond acceptors (Lipinski definition) is 4. The zero-order valence-corrected chi connectivity index (χ0v) is 20.7. The van der Waals surface area contributed by atoms with Crippen LogP contribution in [0.1, 0.15) is 31.5 Å². The number of aldehydes is 1. The fourth-order valence-electron chi connectivity index (χ4n) is 3.17. The van der Waals surface area contributed by atoms with Gasteiger partial charge in [0.15, 0.2) is 0 Å². The van der Waals surface area contributed by atoms with E-state index in [1.807, 2.05) is 44.2 Å². The van der Waals surface area contributed by atoms with E-state index in [9.17, 15) is 31.9 Å². The number of carbonyl (C=O) groups is 1. The van der Waals surface area contributed by atoms with E-state index in [1.54, 1.807) is 0 Å². The van der Waals surface area contributed by atoms with E-state index >= 15 is 0 Å². The van der Waals surface area contributed by atoms with Gasteiger partial charge in [-0.15, -0.1) is 11.8 Å². The molecule has 0 radical (unpaired) electrons. The molecule has 0 saturated carbocycles. The first kappa shape index (κ1) is 28.4. The second-order valence-electron chi connectivity index (χ2n) is 7.09. The van der Waals surface area contributed by atoms with Gasteiger partial charge in [-0.25, -0.2) is 13.8 Å². The third kappa shape index (κ3) is 6.85. The molecular weight excluding hydrogens is 508 g/mol. The molecule has 5 nitrogen and oxygen atoms in total. The zero-order valence-electron chi connectivity index (χ0n) is 19.1. The van der Waals surface area contributed by atoms with Crippen molar-refractivity contribution in [3.05, 3.63) is 91.5 Å². The molecule has 0 spiro atoms. The summed E-state index contributed by atoms with van der Waals surface area (Å²) in [6.45, 7) is 4.00. The van der Waals surface area contributed by atoms with Gasteiger partial charge in [-0.05, 0) is 30.5 Å². The first-order chi connectivity index (χ1) is 16.5. The van der Waals surface area contributed by atoms with E-state index in [1.165, 1.54) is 0 Å². The molecule has 1 unspecified atom stereocenters.